The van der Waals surface area contributed by atoms with Gasteiger partial charge in [0.25, 0.3) is 0 Å². The smallest absolute Gasteiger partial charge is 0.410 e. The van der Waals surface area contributed by atoms with Gasteiger partial charge < -0.3 is 9.64 Å². The highest BCUT2D eigenvalue weighted by Gasteiger charge is 2.24. The Morgan fingerprint density at radius 3 is 2.68 bits per heavy atom. The van der Waals surface area contributed by atoms with Gasteiger partial charge in [0.2, 0.25) is 5.16 Å². The number of pyridine rings is 1. The standard InChI is InChI=1S/C23H27N5O2S/c1-17-3-2-4-20(26-17)8-5-18-6-9-21(10-7-18)30-23(29)28-13-11-19(12-14-28)15-31-22-24-16-25-27-22/h2-4,6-7,9-10,16,19H,5,8,11-15H2,1H3,(H,24,25,27). The van der Waals surface area contributed by atoms with Crippen LogP contribution in [0.5, 0.6) is 5.75 Å². The van der Waals surface area contributed by atoms with Crippen LogP contribution in [0.3, 0.4) is 0 Å². The molecule has 4 rings (SSSR count). The molecular weight excluding hydrogens is 410 g/mol. The average molecular weight is 438 g/mol. The van der Waals surface area contributed by atoms with Crippen LogP contribution in [-0.2, 0) is 12.8 Å². The van der Waals surface area contributed by atoms with E-state index in [9.17, 15) is 4.79 Å². The molecule has 7 nitrogen and oxygen atoms in total. The predicted octanol–water partition coefficient (Wildman–Crippen LogP) is 4.30. The van der Waals surface area contributed by atoms with Crippen LogP contribution in [0.1, 0.15) is 29.8 Å². The number of amides is 1. The van der Waals surface area contributed by atoms with Gasteiger partial charge in [-0.05, 0) is 68.4 Å². The van der Waals surface area contributed by atoms with Crippen molar-refractivity contribution in [3.63, 3.8) is 0 Å². The fourth-order valence-electron chi connectivity index (χ4n) is 3.64. The number of likely N-dealkylation sites (tertiary alicyclic amines) is 1. The van der Waals surface area contributed by atoms with Gasteiger partial charge in [0, 0.05) is 30.2 Å². The highest BCUT2D eigenvalue weighted by molar-refractivity contribution is 7.99. The number of hydrogen-bond donors (Lipinski definition) is 1. The first-order valence-corrected chi connectivity index (χ1v) is 11.6. The van der Waals surface area contributed by atoms with Gasteiger partial charge in [-0.15, -0.1) is 5.10 Å². The SMILES string of the molecule is Cc1cccc(CCc2ccc(OC(=O)N3CCC(CSc4nc[nH]n4)CC3)cc2)n1. The minimum atomic E-state index is -0.267. The van der Waals surface area contributed by atoms with Gasteiger partial charge >= 0.3 is 6.09 Å². The van der Waals surface area contributed by atoms with E-state index >= 15 is 0 Å². The van der Waals surface area contributed by atoms with E-state index in [2.05, 4.69) is 26.2 Å². The highest BCUT2D eigenvalue weighted by Crippen LogP contribution is 2.25. The third-order valence-electron chi connectivity index (χ3n) is 5.46. The molecule has 1 N–H and O–H groups in total. The first-order chi connectivity index (χ1) is 15.2. The van der Waals surface area contributed by atoms with E-state index < -0.39 is 0 Å². The van der Waals surface area contributed by atoms with Gasteiger partial charge in [-0.25, -0.2) is 9.78 Å². The molecule has 3 aromatic rings. The van der Waals surface area contributed by atoms with E-state index in [1.807, 2.05) is 43.3 Å². The summed E-state index contributed by atoms with van der Waals surface area (Å²) in [6.45, 7) is 3.45. The number of hydrogen-bond acceptors (Lipinski definition) is 6. The molecule has 1 aliphatic rings. The minimum absolute atomic E-state index is 0.267. The molecule has 1 amide bonds. The molecule has 1 aromatic carbocycles. The van der Waals surface area contributed by atoms with Crippen LogP contribution in [0, 0.1) is 12.8 Å². The van der Waals surface area contributed by atoms with Crippen molar-refractivity contribution in [2.45, 2.75) is 37.8 Å². The fourth-order valence-corrected chi connectivity index (χ4v) is 4.60. The van der Waals surface area contributed by atoms with Gasteiger partial charge in [0.1, 0.15) is 12.1 Å². The van der Waals surface area contributed by atoms with Crippen molar-refractivity contribution in [1.29, 1.82) is 0 Å². The molecule has 0 atom stereocenters. The third-order valence-corrected chi connectivity index (χ3v) is 6.55. The Labute approximate surface area is 186 Å². The monoisotopic (exact) mass is 437 g/mol. The summed E-state index contributed by atoms with van der Waals surface area (Å²) in [6.07, 6.45) is 5.07. The summed E-state index contributed by atoms with van der Waals surface area (Å²) in [5, 5.41) is 7.57. The van der Waals surface area contributed by atoms with Gasteiger partial charge in [0.15, 0.2) is 0 Å². The lowest BCUT2D eigenvalue weighted by atomic mass is 9.99. The van der Waals surface area contributed by atoms with Gasteiger partial charge in [-0.3, -0.25) is 10.1 Å². The maximum atomic E-state index is 12.5. The Morgan fingerprint density at radius 1 is 1.16 bits per heavy atom. The van der Waals surface area contributed by atoms with Crippen LogP contribution >= 0.6 is 11.8 Å². The zero-order valence-corrected chi connectivity index (χ0v) is 18.5. The van der Waals surface area contributed by atoms with Crippen LogP contribution in [0.15, 0.2) is 53.9 Å². The molecule has 0 aliphatic carbocycles. The zero-order chi connectivity index (χ0) is 21.5. The van der Waals surface area contributed by atoms with Crippen LogP contribution in [0.2, 0.25) is 0 Å². The molecule has 31 heavy (non-hydrogen) atoms. The Morgan fingerprint density at radius 2 is 1.97 bits per heavy atom. The maximum absolute atomic E-state index is 12.5. The second-order valence-corrected chi connectivity index (χ2v) is 8.79. The molecule has 1 fully saturated rings. The Kier molecular flexibility index (Phi) is 7.19. The summed E-state index contributed by atoms with van der Waals surface area (Å²) >= 11 is 1.66. The number of carbonyl (C=O) groups is 1. The number of rotatable bonds is 7. The van der Waals surface area contributed by atoms with Crippen LogP contribution < -0.4 is 4.74 Å². The second-order valence-electron chi connectivity index (χ2n) is 7.81. The lowest BCUT2D eigenvalue weighted by molar-refractivity contribution is 0.134. The lowest BCUT2D eigenvalue weighted by Gasteiger charge is -2.30. The number of nitrogens with one attached hydrogen (secondary N) is 1. The number of piperidine rings is 1. The molecule has 162 valence electrons. The van der Waals surface area contributed by atoms with Crippen molar-refractivity contribution < 1.29 is 9.53 Å². The number of thioether (sulfide) groups is 1. The number of aryl methyl sites for hydroxylation is 3. The molecule has 3 heterocycles. The van der Waals surface area contributed by atoms with E-state index in [1.165, 1.54) is 5.56 Å². The molecule has 0 spiro atoms. The molecule has 2 aromatic heterocycles. The van der Waals surface area contributed by atoms with E-state index in [-0.39, 0.29) is 6.09 Å². The second kappa shape index (κ2) is 10.4. The summed E-state index contributed by atoms with van der Waals surface area (Å²) in [5.41, 5.74) is 3.34. The average Bonchev–Trinajstić information content (AvgIpc) is 3.31. The van der Waals surface area contributed by atoms with E-state index in [4.69, 9.17) is 4.74 Å². The largest absolute Gasteiger partial charge is 0.415 e. The summed E-state index contributed by atoms with van der Waals surface area (Å²) in [6, 6.07) is 13.9. The van der Waals surface area contributed by atoms with Crippen LogP contribution in [0.25, 0.3) is 0 Å². The first kappa shape index (κ1) is 21.4. The number of aromatic amines is 1. The van der Waals surface area contributed by atoms with E-state index in [0.717, 1.165) is 61.1 Å². The molecule has 1 saturated heterocycles. The number of carbonyl (C=O) groups excluding carboxylic acids is 1. The molecule has 0 unspecified atom stereocenters. The van der Waals surface area contributed by atoms with Crippen LogP contribution in [-0.4, -0.2) is 50.0 Å². The number of benzene rings is 1. The zero-order valence-electron chi connectivity index (χ0n) is 17.7. The van der Waals surface area contributed by atoms with Gasteiger partial charge in [-0.1, -0.05) is 30.0 Å². The summed E-state index contributed by atoms with van der Waals surface area (Å²) in [5.74, 6) is 2.12. The molecule has 0 radical (unpaired) electrons. The van der Waals surface area contributed by atoms with Gasteiger partial charge in [-0.2, -0.15) is 0 Å². The number of aromatic nitrogens is 4. The maximum Gasteiger partial charge on any atom is 0.415 e. The third kappa shape index (κ3) is 6.30. The predicted molar refractivity (Wildman–Crippen MR) is 120 cm³/mol. The Bertz CT molecular complexity index is 970. The summed E-state index contributed by atoms with van der Waals surface area (Å²) in [7, 11) is 0. The van der Waals surface area contributed by atoms with Gasteiger partial charge in [0.05, 0.1) is 0 Å². The highest BCUT2D eigenvalue weighted by atomic mass is 32.2. The summed E-state index contributed by atoms with van der Waals surface area (Å²) < 4.78 is 5.59. The summed E-state index contributed by atoms with van der Waals surface area (Å²) in [4.78, 5) is 23.0. The van der Waals surface area contributed by atoms with Crippen molar-refractivity contribution in [3.05, 3.63) is 65.7 Å². The molecular formula is C23H27N5O2S. The fraction of sp³-hybridized carbons (Fsp3) is 0.391. The Balaban J connectivity index is 1.20. The first-order valence-electron chi connectivity index (χ1n) is 10.6. The quantitative estimate of drug-likeness (QED) is 0.555. The van der Waals surface area contributed by atoms with Crippen molar-refractivity contribution >= 4 is 17.9 Å². The Hall–Kier alpha value is -2.87. The van der Waals surface area contributed by atoms with E-state index in [0.29, 0.717) is 11.7 Å². The van der Waals surface area contributed by atoms with Crippen LogP contribution in [0.4, 0.5) is 4.79 Å². The van der Waals surface area contributed by atoms with Crippen molar-refractivity contribution in [3.8, 4) is 5.75 Å². The topological polar surface area (TPSA) is 84.0 Å². The number of nitrogens with zero attached hydrogens (tertiary/aromatic N) is 4. The molecule has 8 heteroatoms. The number of ether oxygens (including phenoxy) is 1. The normalized spacial score (nSPS) is 14.5. The molecule has 0 bridgehead atoms. The molecule has 0 saturated carbocycles. The molecule has 1 aliphatic heterocycles. The minimum Gasteiger partial charge on any atom is -0.410 e. The lowest BCUT2D eigenvalue weighted by Crippen LogP contribution is -2.40. The van der Waals surface area contributed by atoms with Crippen molar-refractivity contribution in [2.24, 2.45) is 5.92 Å². The van der Waals surface area contributed by atoms with Crippen molar-refractivity contribution in [1.82, 2.24) is 25.1 Å². The number of H-pyrrole nitrogens is 1. The van der Waals surface area contributed by atoms with E-state index in [1.54, 1.807) is 23.0 Å². The van der Waals surface area contributed by atoms with Crippen molar-refractivity contribution in [2.75, 3.05) is 18.8 Å².